The molecule has 0 radical (unpaired) electrons. The molecule has 0 saturated carbocycles. The smallest absolute Gasteiger partial charge is 0.444 e. The van der Waals surface area contributed by atoms with Gasteiger partial charge in [0.05, 0.1) is 6.04 Å². The van der Waals surface area contributed by atoms with Crippen molar-refractivity contribution in [1.82, 2.24) is 15.1 Å². The number of benzene rings is 2. The Kier molecular flexibility index (Phi) is 5.86. The number of fused-ring (bicyclic) bond motifs is 3. The van der Waals surface area contributed by atoms with Crippen LogP contribution in [-0.4, -0.2) is 59.4 Å². The average Bonchev–Trinajstić information content (AvgIpc) is 3.06. The Morgan fingerprint density at radius 3 is 2.00 bits per heavy atom. The predicted octanol–water partition coefficient (Wildman–Crippen LogP) is 4.31. The maximum Gasteiger partial charge on any atom is 0.471 e. The standard InChI is InChI=1S/C24H26F3N3O3/c1-23(2,3)33-22(32)30-13-12-29(14-19(30)28-21(31)24(25,26)27)20-17-10-6-4-8-15(17)16-9-5-7-11-18(16)20/h4-11,19-20H,12-14H2,1-3H3,(H,28,31). The van der Waals surface area contributed by atoms with Crippen molar-refractivity contribution in [2.24, 2.45) is 0 Å². The van der Waals surface area contributed by atoms with Gasteiger partial charge in [0.15, 0.2) is 0 Å². The van der Waals surface area contributed by atoms with E-state index in [-0.39, 0.29) is 19.1 Å². The number of nitrogens with zero attached hydrogens (tertiary/aromatic N) is 2. The summed E-state index contributed by atoms with van der Waals surface area (Å²) in [5, 5.41) is 2.00. The number of halogens is 3. The van der Waals surface area contributed by atoms with Gasteiger partial charge in [-0.15, -0.1) is 0 Å². The predicted molar refractivity (Wildman–Crippen MR) is 116 cm³/mol. The van der Waals surface area contributed by atoms with E-state index in [4.69, 9.17) is 4.74 Å². The van der Waals surface area contributed by atoms with Crippen molar-refractivity contribution < 1.29 is 27.5 Å². The van der Waals surface area contributed by atoms with Crippen molar-refractivity contribution in [2.75, 3.05) is 19.6 Å². The number of ether oxygens (including phenoxy) is 1. The Bertz CT molecular complexity index is 1020. The normalized spacial score (nSPS) is 19.1. The third-order valence-corrected chi connectivity index (χ3v) is 5.76. The highest BCUT2D eigenvalue weighted by Gasteiger charge is 2.44. The van der Waals surface area contributed by atoms with Crippen LogP contribution >= 0.6 is 0 Å². The van der Waals surface area contributed by atoms with Gasteiger partial charge in [0.25, 0.3) is 0 Å². The van der Waals surface area contributed by atoms with E-state index in [0.717, 1.165) is 27.2 Å². The van der Waals surface area contributed by atoms with Gasteiger partial charge < -0.3 is 10.1 Å². The molecule has 1 aliphatic heterocycles. The Balaban J connectivity index is 1.64. The van der Waals surface area contributed by atoms with Crippen LogP contribution in [0.5, 0.6) is 0 Å². The molecule has 2 amide bonds. The number of amides is 2. The third kappa shape index (κ3) is 4.68. The molecule has 6 nitrogen and oxygen atoms in total. The molecule has 1 atom stereocenters. The van der Waals surface area contributed by atoms with Crippen LogP contribution in [0.2, 0.25) is 0 Å². The second kappa shape index (κ2) is 8.37. The van der Waals surface area contributed by atoms with Gasteiger partial charge in [0, 0.05) is 19.6 Å². The van der Waals surface area contributed by atoms with Crippen molar-refractivity contribution >= 4 is 12.0 Å². The summed E-state index contributed by atoms with van der Waals surface area (Å²) in [5.41, 5.74) is 3.42. The second-order valence-electron chi connectivity index (χ2n) is 9.23. The van der Waals surface area contributed by atoms with E-state index < -0.39 is 29.9 Å². The molecule has 9 heteroatoms. The van der Waals surface area contributed by atoms with Crippen LogP contribution in [0.1, 0.15) is 37.9 Å². The lowest BCUT2D eigenvalue weighted by Gasteiger charge is -2.44. The first-order chi connectivity index (χ1) is 15.5. The molecule has 0 aromatic heterocycles. The van der Waals surface area contributed by atoms with Gasteiger partial charge >= 0.3 is 18.2 Å². The molecule has 4 rings (SSSR count). The van der Waals surface area contributed by atoms with Crippen molar-refractivity contribution in [1.29, 1.82) is 0 Å². The van der Waals surface area contributed by atoms with Crippen molar-refractivity contribution in [3.8, 4) is 11.1 Å². The summed E-state index contributed by atoms with van der Waals surface area (Å²) in [6.07, 6.45) is -7.02. The number of nitrogens with one attached hydrogen (secondary N) is 1. The highest BCUT2D eigenvalue weighted by Crippen LogP contribution is 2.46. The van der Waals surface area contributed by atoms with Gasteiger partial charge in [-0.2, -0.15) is 13.2 Å². The van der Waals surface area contributed by atoms with E-state index in [9.17, 15) is 22.8 Å². The lowest BCUT2D eigenvalue weighted by atomic mass is 10.0. The van der Waals surface area contributed by atoms with Crippen molar-refractivity contribution in [3.63, 3.8) is 0 Å². The Morgan fingerprint density at radius 2 is 1.48 bits per heavy atom. The summed E-state index contributed by atoms with van der Waals surface area (Å²) in [6.45, 7) is 5.57. The molecule has 33 heavy (non-hydrogen) atoms. The zero-order chi connectivity index (χ0) is 24.0. The van der Waals surface area contributed by atoms with Gasteiger partial charge in [0.1, 0.15) is 11.8 Å². The number of carbonyl (C=O) groups is 2. The van der Waals surface area contributed by atoms with E-state index in [0.29, 0.717) is 6.54 Å². The highest BCUT2D eigenvalue weighted by molar-refractivity contribution is 5.82. The zero-order valence-corrected chi connectivity index (χ0v) is 18.6. The first kappa shape index (κ1) is 23.1. The monoisotopic (exact) mass is 461 g/mol. The van der Waals surface area contributed by atoms with Gasteiger partial charge in [-0.3, -0.25) is 14.6 Å². The van der Waals surface area contributed by atoms with Crippen molar-refractivity contribution in [2.45, 2.75) is 44.8 Å². The maximum absolute atomic E-state index is 13.0. The van der Waals surface area contributed by atoms with Crippen LogP contribution in [0.4, 0.5) is 18.0 Å². The molecule has 1 unspecified atom stereocenters. The summed E-state index contributed by atoms with van der Waals surface area (Å²) >= 11 is 0. The van der Waals surface area contributed by atoms with E-state index in [1.807, 2.05) is 58.7 Å². The van der Waals surface area contributed by atoms with E-state index in [1.165, 1.54) is 0 Å². The van der Waals surface area contributed by atoms with Crippen LogP contribution in [0.25, 0.3) is 11.1 Å². The number of alkyl halides is 3. The molecular weight excluding hydrogens is 435 g/mol. The molecule has 2 aliphatic rings. The molecule has 2 aromatic rings. The van der Waals surface area contributed by atoms with E-state index in [2.05, 4.69) is 0 Å². The molecule has 1 saturated heterocycles. The lowest BCUT2D eigenvalue weighted by molar-refractivity contribution is -0.176. The summed E-state index contributed by atoms with van der Waals surface area (Å²) in [4.78, 5) is 27.7. The number of piperazine rings is 1. The zero-order valence-electron chi connectivity index (χ0n) is 18.6. The summed E-state index contributed by atoms with van der Waals surface area (Å²) < 4.78 is 44.5. The van der Waals surface area contributed by atoms with Crippen molar-refractivity contribution in [3.05, 3.63) is 59.7 Å². The number of hydrogen-bond donors (Lipinski definition) is 1. The Hall–Kier alpha value is -3.07. The van der Waals surface area contributed by atoms with Gasteiger partial charge in [-0.25, -0.2) is 4.79 Å². The molecule has 0 spiro atoms. The summed E-state index contributed by atoms with van der Waals surface area (Å²) in [5.74, 6) is -2.09. The number of carbonyl (C=O) groups excluding carboxylic acids is 2. The van der Waals surface area contributed by atoms with E-state index >= 15 is 0 Å². The fourth-order valence-corrected chi connectivity index (χ4v) is 4.46. The fourth-order valence-electron chi connectivity index (χ4n) is 4.46. The molecule has 176 valence electrons. The maximum atomic E-state index is 13.0. The van der Waals surface area contributed by atoms with Crippen LogP contribution < -0.4 is 5.32 Å². The minimum absolute atomic E-state index is 0.0222. The van der Waals surface area contributed by atoms with E-state index in [1.54, 1.807) is 20.8 Å². The quantitative estimate of drug-likeness (QED) is 0.724. The minimum Gasteiger partial charge on any atom is -0.444 e. The Labute approximate surface area is 190 Å². The summed E-state index contributed by atoms with van der Waals surface area (Å²) in [7, 11) is 0. The molecule has 2 aromatic carbocycles. The van der Waals surface area contributed by atoms with Crippen LogP contribution in [0.15, 0.2) is 48.5 Å². The first-order valence-electron chi connectivity index (χ1n) is 10.8. The molecular formula is C24H26F3N3O3. The first-order valence-corrected chi connectivity index (χ1v) is 10.8. The van der Waals surface area contributed by atoms with Crippen LogP contribution in [-0.2, 0) is 9.53 Å². The minimum atomic E-state index is -5.06. The molecule has 0 bridgehead atoms. The van der Waals surface area contributed by atoms with Gasteiger partial charge in [-0.1, -0.05) is 48.5 Å². The van der Waals surface area contributed by atoms with Crippen LogP contribution in [0.3, 0.4) is 0 Å². The van der Waals surface area contributed by atoms with Gasteiger partial charge in [0.2, 0.25) is 0 Å². The SMILES string of the molecule is CC(C)(C)OC(=O)N1CCN(C2c3ccccc3-c3ccccc32)CC1NC(=O)C(F)(F)F. The average molecular weight is 461 g/mol. The highest BCUT2D eigenvalue weighted by atomic mass is 19.4. The van der Waals surface area contributed by atoms with Gasteiger partial charge in [-0.05, 0) is 43.0 Å². The second-order valence-corrected chi connectivity index (χ2v) is 9.23. The molecule has 1 fully saturated rings. The Morgan fingerprint density at radius 1 is 0.939 bits per heavy atom. The lowest BCUT2D eigenvalue weighted by Crippen LogP contribution is -2.63. The summed E-state index contributed by atoms with van der Waals surface area (Å²) in [6, 6.07) is 15.6. The topological polar surface area (TPSA) is 61.9 Å². The largest absolute Gasteiger partial charge is 0.471 e. The molecule has 1 N–H and O–H groups in total. The number of hydrogen-bond acceptors (Lipinski definition) is 4. The third-order valence-electron chi connectivity index (χ3n) is 5.76. The molecule has 1 heterocycles. The van der Waals surface area contributed by atoms with Crippen LogP contribution in [0, 0.1) is 0 Å². The number of rotatable bonds is 2. The molecule has 1 aliphatic carbocycles. The fraction of sp³-hybridized carbons (Fsp3) is 0.417.